The summed E-state index contributed by atoms with van der Waals surface area (Å²) in [4.78, 5) is 13.8. The fourth-order valence-corrected chi connectivity index (χ4v) is 5.89. The molecule has 0 atom stereocenters. The minimum Gasteiger partial charge on any atom is -0.243 e. The number of hydrogen-bond acceptors (Lipinski definition) is 6. The molecule has 0 amide bonds. The number of allylic oxidation sites excluding steroid dienone is 6. The molecule has 0 fully saturated rings. The number of fused-ring (bicyclic) bond motifs is 4. The number of rotatable bonds is 5. The van der Waals surface area contributed by atoms with E-state index >= 15 is 0 Å². The Kier molecular flexibility index (Phi) is 8.53. The number of aromatic nitrogens is 2. The van der Waals surface area contributed by atoms with E-state index in [9.17, 15) is 42.1 Å². The van der Waals surface area contributed by atoms with Crippen LogP contribution in [0, 0.1) is 34.1 Å². The van der Waals surface area contributed by atoms with E-state index in [1.54, 1.807) is 49.4 Å². The molecule has 244 valence electrons. The quantitative estimate of drug-likeness (QED) is 0.105. The fourth-order valence-electron chi connectivity index (χ4n) is 5.89. The molecule has 3 aromatic carbocycles. The van der Waals surface area contributed by atoms with Crippen molar-refractivity contribution in [3.05, 3.63) is 135 Å². The molecular formula is C38H20F6N6. The van der Waals surface area contributed by atoms with Crippen molar-refractivity contribution in [3.8, 4) is 40.7 Å². The van der Waals surface area contributed by atoms with Crippen molar-refractivity contribution >= 4 is 22.9 Å². The van der Waals surface area contributed by atoms with Gasteiger partial charge in [0.25, 0.3) is 0 Å². The zero-order valence-electron chi connectivity index (χ0n) is 25.8. The molecule has 1 aromatic heterocycles. The standard InChI is InChI=1S/C38H20F6N6/c1-2-4-27-28(6-3-5-21-7-12-25(13-8-21)37(39,40)41)32(48-20-47)36-34(27)49-35-31(24(18-45)19-46)30-17-23(11-16-29(30)33(35)50-36)22-9-14-26(15-10-22)38(42,43)44/h2-5,7-17H,6H2,1H3/b4-2-,5-3+,48-32?. The van der Waals surface area contributed by atoms with Crippen LogP contribution in [-0.4, -0.2) is 15.7 Å². The van der Waals surface area contributed by atoms with Gasteiger partial charge in [0.15, 0.2) is 0 Å². The molecule has 0 saturated carbocycles. The molecule has 0 saturated heterocycles. The molecule has 6 rings (SSSR count). The minimum absolute atomic E-state index is 0.207. The molecule has 1 heterocycles. The van der Waals surface area contributed by atoms with E-state index in [4.69, 9.17) is 9.97 Å². The monoisotopic (exact) mass is 674 g/mol. The third kappa shape index (κ3) is 5.98. The Morgan fingerprint density at radius 1 is 0.720 bits per heavy atom. The molecule has 2 aliphatic rings. The average molecular weight is 675 g/mol. The number of nitriles is 3. The van der Waals surface area contributed by atoms with E-state index in [-0.39, 0.29) is 34.7 Å². The zero-order valence-corrected chi connectivity index (χ0v) is 25.8. The number of halogens is 6. The van der Waals surface area contributed by atoms with E-state index in [0.29, 0.717) is 50.4 Å². The maximum absolute atomic E-state index is 13.2. The maximum atomic E-state index is 13.2. The van der Waals surface area contributed by atoms with Gasteiger partial charge in [0.1, 0.15) is 34.8 Å². The van der Waals surface area contributed by atoms with Crippen molar-refractivity contribution in [2.24, 2.45) is 4.99 Å². The average Bonchev–Trinajstić information content (AvgIpc) is 3.55. The Labute approximate surface area is 281 Å². The van der Waals surface area contributed by atoms with Crippen LogP contribution in [-0.2, 0) is 12.4 Å². The van der Waals surface area contributed by atoms with Crippen LogP contribution in [0.2, 0.25) is 0 Å². The van der Waals surface area contributed by atoms with E-state index in [1.165, 1.54) is 24.3 Å². The summed E-state index contributed by atoms with van der Waals surface area (Å²) in [6.45, 7) is 1.77. The van der Waals surface area contributed by atoms with Crippen LogP contribution in [0.15, 0.2) is 101 Å². The number of hydrogen-bond donors (Lipinski definition) is 0. The second-order valence-electron chi connectivity index (χ2n) is 11.1. The normalized spacial score (nSPS) is 14.5. The van der Waals surface area contributed by atoms with Crippen LogP contribution in [0.5, 0.6) is 0 Å². The van der Waals surface area contributed by atoms with Crippen LogP contribution in [0.25, 0.3) is 39.6 Å². The highest BCUT2D eigenvalue weighted by Crippen LogP contribution is 2.47. The molecule has 0 unspecified atom stereocenters. The Morgan fingerprint density at radius 3 is 1.90 bits per heavy atom. The number of nitrogens with zero attached hydrogens (tertiary/aromatic N) is 6. The summed E-state index contributed by atoms with van der Waals surface area (Å²) in [5, 5.41) is 29.5. The van der Waals surface area contributed by atoms with Crippen molar-refractivity contribution in [1.82, 2.24) is 9.97 Å². The predicted molar refractivity (Wildman–Crippen MR) is 174 cm³/mol. The fraction of sp³-hybridized carbons (Fsp3) is 0.105. The Bertz CT molecular complexity index is 2320. The molecule has 0 spiro atoms. The van der Waals surface area contributed by atoms with Gasteiger partial charge in [0.05, 0.1) is 22.5 Å². The third-order valence-corrected chi connectivity index (χ3v) is 8.15. The first-order valence-electron chi connectivity index (χ1n) is 14.9. The molecule has 50 heavy (non-hydrogen) atoms. The highest BCUT2D eigenvalue weighted by atomic mass is 19.4. The largest absolute Gasteiger partial charge is 0.416 e. The van der Waals surface area contributed by atoms with Gasteiger partial charge in [-0.2, -0.15) is 47.1 Å². The molecule has 0 N–H and O–H groups in total. The lowest BCUT2D eigenvalue weighted by atomic mass is 9.96. The maximum Gasteiger partial charge on any atom is 0.416 e. The second-order valence-corrected chi connectivity index (χ2v) is 11.1. The Morgan fingerprint density at radius 2 is 1.32 bits per heavy atom. The summed E-state index contributed by atoms with van der Waals surface area (Å²) >= 11 is 0. The summed E-state index contributed by atoms with van der Waals surface area (Å²) in [5.74, 6) is 0. The first-order chi connectivity index (χ1) is 23.9. The first kappa shape index (κ1) is 33.3. The molecule has 0 radical (unpaired) electrons. The van der Waals surface area contributed by atoms with Crippen LogP contribution < -0.4 is 0 Å². The number of alkyl halides is 6. The Balaban J connectivity index is 1.45. The lowest BCUT2D eigenvalue weighted by Crippen LogP contribution is -2.06. The molecule has 6 nitrogen and oxygen atoms in total. The van der Waals surface area contributed by atoms with Crippen LogP contribution >= 0.6 is 0 Å². The summed E-state index contributed by atoms with van der Waals surface area (Å²) < 4.78 is 78.5. The predicted octanol–water partition coefficient (Wildman–Crippen LogP) is 9.73. The lowest BCUT2D eigenvalue weighted by molar-refractivity contribution is -0.138. The molecule has 0 bridgehead atoms. The van der Waals surface area contributed by atoms with Gasteiger partial charge in [-0.15, -0.1) is 0 Å². The van der Waals surface area contributed by atoms with Gasteiger partial charge in [0, 0.05) is 16.7 Å². The van der Waals surface area contributed by atoms with Crippen molar-refractivity contribution in [2.45, 2.75) is 25.7 Å². The van der Waals surface area contributed by atoms with Crippen LogP contribution in [0.3, 0.4) is 0 Å². The van der Waals surface area contributed by atoms with Crippen molar-refractivity contribution < 1.29 is 26.3 Å². The summed E-state index contributed by atoms with van der Waals surface area (Å²) in [6.07, 6.45) is -0.0729. The molecule has 12 heteroatoms. The van der Waals surface area contributed by atoms with Gasteiger partial charge in [-0.1, -0.05) is 60.7 Å². The third-order valence-electron chi connectivity index (χ3n) is 8.15. The van der Waals surface area contributed by atoms with Gasteiger partial charge < -0.3 is 0 Å². The number of aliphatic imine (C=N–C) groups is 1. The first-order valence-corrected chi connectivity index (χ1v) is 14.9. The summed E-state index contributed by atoms with van der Waals surface area (Å²) in [6, 6.07) is 18.2. The topological polar surface area (TPSA) is 110 Å². The summed E-state index contributed by atoms with van der Waals surface area (Å²) in [7, 11) is 0. The summed E-state index contributed by atoms with van der Waals surface area (Å²) in [5.41, 5.74) is 3.46. The smallest absolute Gasteiger partial charge is 0.243 e. The van der Waals surface area contributed by atoms with Gasteiger partial charge in [0.2, 0.25) is 6.19 Å². The molecule has 0 aliphatic heterocycles. The van der Waals surface area contributed by atoms with E-state index in [2.05, 4.69) is 4.99 Å². The highest BCUT2D eigenvalue weighted by Gasteiger charge is 2.37. The van der Waals surface area contributed by atoms with Gasteiger partial charge in [-0.05, 0) is 71.5 Å². The van der Waals surface area contributed by atoms with E-state index in [0.717, 1.165) is 24.3 Å². The molecule has 2 aliphatic carbocycles. The van der Waals surface area contributed by atoms with Gasteiger partial charge in [-0.25, -0.2) is 9.97 Å². The van der Waals surface area contributed by atoms with E-state index < -0.39 is 23.5 Å². The van der Waals surface area contributed by atoms with Crippen LogP contribution in [0.1, 0.15) is 52.7 Å². The lowest BCUT2D eigenvalue weighted by Gasteiger charge is -2.09. The minimum atomic E-state index is -4.50. The zero-order chi connectivity index (χ0) is 35.8. The van der Waals surface area contributed by atoms with Gasteiger partial charge in [-0.3, -0.25) is 0 Å². The van der Waals surface area contributed by atoms with Crippen molar-refractivity contribution in [2.75, 3.05) is 0 Å². The van der Waals surface area contributed by atoms with Crippen molar-refractivity contribution in [1.29, 1.82) is 15.8 Å². The SMILES string of the molecule is C/C=C\C1=C(C/C=C/c2ccc(C(F)(F)F)cc2)C(=NC#N)c2nc3c(nc21)C(=C(C#N)C#N)c1cc(-c2ccc(C(F)(F)F)cc2)ccc1-3. The second kappa shape index (κ2) is 12.8. The van der Waals surface area contributed by atoms with Crippen LogP contribution in [0.4, 0.5) is 26.3 Å². The van der Waals surface area contributed by atoms with E-state index in [1.807, 2.05) is 18.3 Å². The molecular weight excluding hydrogens is 654 g/mol. The van der Waals surface area contributed by atoms with Crippen molar-refractivity contribution in [3.63, 3.8) is 0 Å². The number of benzene rings is 3. The Hall–Kier alpha value is -6.58. The highest BCUT2D eigenvalue weighted by molar-refractivity contribution is 6.24. The van der Waals surface area contributed by atoms with Gasteiger partial charge >= 0.3 is 12.4 Å². The molecule has 4 aromatic rings.